The highest BCUT2D eigenvalue weighted by Gasteiger charge is 2.12. The quantitative estimate of drug-likeness (QED) is 0.246. The van der Waals surface area contributed by atoms with Gasteiger partial charge in [0.05, 0.1) is 0 Å². The molecule has 2 heteroatoms. The standard InChI is InChI=1S/C15H24O2/c1-5-8-9-10-14(17-15(16)7-3)12-11-13(4)6-2/h6-7,14H,2-5,8-12H2,1H3. The average molecular weight is 236 g/mol. The Hall–Kier alpha value is -1.31. The Morgan fingerprint density at radius 3 is 2.47 bits per heavy atom. The number of carbonyl (C=O) groups excluding carboxylic acids is 1. The van der Waals surface area contributed by atoms with Crippen molar-refractivity contribution < 1.29 is 9.53 Å². The number of esters is 1. The van der Waals surface area contributed by atoms with Crippen LogP contribution in [0.4, 0.5) is 0 Å². The molecular formula is C15H24O2. The summed E-state index contributed by atoms with van der Waals surface area (Å²) in [5, 5.41) is 0. The molecule has 0 spiro atoms. The summed E-state index contributed by atoms with van der Waals surface area (Å²) in [5.74, 6) is -0.337. The van der Waals surface area contributed by atoms with Gasteiger partial charge in [-0.05, 0) is 25.7 Å². The van der Waals surface area contributed by atoms with Gasteiger partial charge in [0.1, 0.15) is 6.10 Å². The molecule has 17 heavy (non-hydrogen) atoms. The van der Waals surface area contributed by atoms with Gasteiger partial charge in [-0.15, -0.1) is 0 Å². The molecule has 0 bridgehead atoms. The van der Waals surface area contributed by atoms with Crippen LogP contribution in [0.15, 0.2) is 37.5 Å². The van der Waals surface area contributed by atoms with Gasteiger partial charge in [-0.3, -0.25) is 0 Å². The zero-order valence-corrected chi connectivity index (χ0v) is 10.9. The maximum atomic E-state index is 11.2. The SMILES string of the molecule is C=CC(=C)CCC(CCCCC)OC(=O)C=C. The van der Waals surface area contributed by atoms with Crippen LogP contribution in [0.1, 0.15) is 45.4 Å². The Bertz CT molecular complexity index is 266. The molecule has 0 aliphatic carbocycles. The summed E-state index contributed by atoms with van der Waals surface area (Å²) in [6.45, 7) is 13.1. The van der Waals surface area contributed by atoms with Gasteiger partial charge < -0.3 is 4.74 Å². The Kier molecular flexibility index (Phi) is 9.12. The molecule has 0 aliphatic heterocycles. The van der Waals surface area contributed by atoms with E-state index in [1.165, 1.54) is 18.9 Å². The Balaban J connectivity index is 4.08. The van der Waals surface area contributed by atoms with Crippen LogP contribution in [-0.2, 0) is 9.53 Å². The molecule has 0 aromatic heterocycles. The van der Waals surface area contributed by atoms with E-state index in [-0.39, 0.29) is 12.1 Å². The second-order valence-electron chi connectivity index (χ2n) is 4.16. The van der Waals surface area contributed by atoms with Crippen molar-refractivity contribution >= 4 is 5.97 Å². The molecule has 0 saturated carbocycles. The maximum absolute atomic E-state index is 11.2. The van der Waals surface area contributed by atoms with Crippen molar-refractivity contribution in [3.63, 3.8) is 0 Å². The van der Waals surface area contributed by atoms with Crippen molar-refractivity contribution in [1.82, 2.24) is 0 Å². The van der Waals surface area contributed by atoms with E-state index in [4.69, 9.17) is 4.74 Å². The number of carbonyl (C=O) groups is 1. The minimum Gasteiger partial charge on any atom is -0.459 e. The summed E-state index contributed by atoms with van der Waals surface area (Å²) in [6, 6.07) is 0. The molecule has 0 saturated heterocycles. The molecular weight excluding hydrogens is 212 g/mol. The van der Waals surface area contributed by atoms with E-state index in [0.717, 1.165) is 31.3 Å². The van der Waals surface area contributed by atoms with Crippen molar-refractivity contribution in [2.75, 3.05) is 0 Å². The van der Waals surface area contributed by atoms with Crippen LogP contribution < -0.4 is 0 Å². The van der Waals surface area contributed by atoms with Crippen molar-refractivity contribution in [1.29, 1.82) is 0 Å². The van der Waals surface area contributed by atoms with Gasteiger partial charge in [0, 0.05) is 6.08 Å². The number of rotatable bonds is 10. The van der Waals surface area contributed by atoms with E-state index in [1.54, 1.807) is 6.08 Å². The van der Waals surface area contributed by atoms with Crippen molar-refractivity contribution in [2.45, 2.75) is 51.6 Å². The molecule has 96 valence electrons. The predicted molar refractivity (Wildman–Crippen MR) is 72.8 cm³/mol. The molecule has 0 rings (SSSR count). The maximum Gasteiger partial charge on any atom is 0.330 e. The van der Waals surface area contributed by atoms with Crippen LogP contribution in [0.2, 0.25) is 0 Å². The number of allylic oxidation sites excluding steroid dienone is 2. The van der Waals surface area contributed by atoms with Gasteiger partial charge >= 0.3 is 5.97 Å². The summed E-state index contributed by atoms with van der Waals surface area (Å²) >= 11 is 0. The van der Waals surface area contributed by atoms with Crippen LogP contribution in [0.3, 0.4) is 0 Å². The summed E-state index contributed by atoms with van der Waals surface area (Å²) in [5.41, 5.74) is 0.986. The van der Waals surface area contributed by atoms with E-state index >= 15 is 0 Å². The minimum absolute atomic E-state index is 0.0243. The molecule has 0 radical (unpaired) electrons. The Labute approximate surface area is 105 Å². The van der Waals surface area contributed by atoms with Gasteiger partial charge in [0.25, 0.3) is 0 Å². The van der Waals surface area contributed by atoms with E-state index in [2.05, 4.69) is 26.7 Å². The first-order valence-electron chi connectivity index (χ1n) is 6.27. The van der Waals surface area contributed by atoms with Crippen LogP contribution in [0.25, 0.3) is 0 Å². The topological polar surface area (TPSA) is 26.3 Å². The molecule has 0 aromatic carbocycles. The van der Waals surface area contributed by atoms with Crippen LogP contribution >= 0.6 is 0 Å². The zero-order valence-electron chi connectivity index (χ0n) is 10.9. The lowest BCUT2D eigenvalue weighted by Gasteiger charge is -2.17. The summed E-state index contributed by atoms with van der Waals surface area (Å²) in [7, 11) is 0. The number of hydrogen-bond acceptors (Lipinski definition) is 2. The van der Waals surface area contributed by atoms with E-state index in [1.807, 2.05) is 0 Å². The average Bonchev–Trinajstić information content (AvgIpc) is 2.35. The molecule has 2 nitrogen and oxygen atoms in total. The second kappa shape index (κ2) is 9.88. The number of unbranched alkanes of at least 4 members (excludes halogenated alkanes) is 2. The highest BCUT2D eigenvalue weighted by atomic mass is 16.5. The Morgan fingerprint density at radius 2 is 1.94 bits per heavy atom. The molecule has 0 N–H and O–H groups in total. The summed E-state index contributed by atoms with van der Waals surface area (Å²) in [4.78, 5) is 11.2. The monoisotopic (exact) mass is 236 g/mol. The van der Waals surface area contributed by atoms with E-state index in [0.29, 0.717) is 0 Å². The summed E-state index contributed by atoms with van der Waals surface area (Å²) in [6.07, 6.45) is 8.92. The van der Waals surface area contributed by atoms with E-state index in [9.17, 15) is 4.79 Å². The van der Waals surface area contributed by atoms with Gasteiger partial charge in [-0.2, -0.15) is 0 Å². The fourth-order valence-corrected chi connectivity index (χ4v) is 1.55. The lowest BCUT2D eigenvalue weighted by atomic mass is 10.0. The summed E-state index contributed by atoms with van der Waals surface area (Å²) < 4.78 is 5.31. The van der Waals surface area contributed by atoms with E-state index < -0.39 is 0 Å². The fraction of sp³-hybridized carbons (Fsp3) is 0.533. The minimum atomic E-state index is -0.337. The lowest BCUT2D eigenvalue weighted by molar-refractivity contribution is -0.143. The third-order valence-electron chi connectivity index (χ3n) is 2.66. The lowest BCUT2D eigenvalue weighted by Crippen LogP contribution is -2.17. The highest BCUT2D eigenvalue weighted by molar-refractivity contribution is 5.81. The van der Waals surface area contributed by atoms with Gasteiger partial charge in [0.15, 0.2) is 0 Å². The van der Waals surface area contributed by atoms with Crippen molar-refractivity contribution in [3.05, 3.63) is 37.5 Å². The van der Waals surface area contributed by atoms with Gasteiger partial charge in [-0.1, -0.05) is 51.2 Å². The zero-order chi connectivity index (χ0) is 13.1. The molecule has 0 aliphatic rings. The first-order valence-corrected chi connectivity index (χ1v) is 6.27. The number of hydrogen-bond donors (Lipinski definition) is 0. The smallest absolute Gasteiger partial charge is 0.330 e. The Morgan fingerprint density at radius 1 is 1.24 bits per heavy atom. The van der Waals surface area contributed by atoms with Gasteiger partial charge in [0.2, 0.25) is 0 Å². The molecule has 0 heterocycles. The second-order valence-corrected chi connectivity index (χ2v) is 4.16. The largest absolute Gasteiger partial charge is 0.459 e. The normalized spacial score (nSPS) is 11.6. The third kappa shape index (κ3) is 8.49. The van der Waals surface area contributed by atoms with Crippen LogP contribution in [-0.4, -0.2) is 12.1 Å². The molecule has 1 unspecified atom stereocenters. The van der Waals surface area contributed by atoms with Crippen LogP contribution in [0.5, 0.6) is 0 Å². The van der Waals surface area contributed by atoms with Crippen molar-refractivity contribution in [2.24, 2.45) is 0 Å². The molecule has 0 fully saturated rings. The first kappa shape index (κ1) is 15.7. The molecule has 0 amide bonds. The highest BCUT2D eigenvalue weighted by Crippen LogP contribution is 2.15. The van der Waals surface area contributed by atoms with Crippen LogP contribution in [0, 0.1) is 0 Å². The fourth-order valence-electron chi connectivity index (χ4n) is 1.55. The first-order chi connectivity index (χ1) is 8.13. The molecule has 1 atom stereocenters. The van der Waals surface area contributed by atoms with Crippen molar-refractivity contribution in [3.8, 4) is 0 Å². The predicted octanol–water partition coefficient (Wildman–Crippen LogP) is 4.19. The van der Waals surface area contributed by atoms with Gasteiger partial charge in [-0.25, -0.2) is 4.79 Å². The third-order valence-corrected chi connectivity index (χ3v) is 2.66. The molecule has 0 aromatic rings. The number of ether oxygens (including phenoxy) is 1.